The number of benzene rings is 2. The van der Waals surface area contributed by atoms with E-state index in [-0.39, 0.29) is 48.0 Å². The van der Waals surface area contributed by atoms with Crippen LogP contribution in [0.15, 0.2) is 79.1 Å². The number of likely N-dealkylation sites (tertiary alicyclic amines) is 2. The van der Waals surface area contributed by atoms with Gasteiger partial charge in [-0.1, -0.05) is 42.5 Å². The van der Waals surface area contributed by atoms with Crippen molar-refractivity contribution < 1.29 is 40.3 Å². The zero-order valence-corrected chi connectivity index (χ0v) is 30.9. The molecule has 0 radical (unpaired) electrons. The number of fused-ring (bicyclic) bond motifs is 2. The van der Waals surface area contributed by atoms with Gasteiger partial charge in [0.1, 0.15) is 5.82 Å². The van der Waals surface area contributed by atoms with Gasteiger partial charge in [0.15, 0.2) is 11.3 Å². The van der Waals surface area contributed by atoms with Crippen LogP contribution in [0.3, 0.4) is 0 Å². The molecule has 0 bridgehead atoms. The van der Waals surface area contributed by atoms with E-state index in [1.165, 1.54) is 18.2 Å². The molecule has 2 amide bonds. The van der Waals surface area contributed by atoms with Gasteiger partial charge in [-0.3, -0.25) is 18.4 Å². The second-order valence-electron chi connectivity index (χ2n) is 14.3. The lowest BCUT2D eigenvalue weighted by molar-refractivity contribution is -0.141. The van der Waals surface area contributed by atoms with Gasteiger partial charge in [0.25, 0.3) is 11.8 Å². The van der Waals surface area contributed by atoms with E-state index in [1.54, 1.807) is 55.3 Å². The zero-order valence-electron chi connectivity index (χ0n) is 30.9. The highest BCUT2D eigenvalue weighted by molar-refractivity contribution is 5.92. The molecule has 6 heterocycles. The SMILES string of the molecule is Cc1ccc2nnc(C(=O)N3CCC(c4cccc(F)c4C(F)(F)F)CC3)n2c1.Cc1ccc2nnc(C(=O)N3CCC(c4ccccc4C(F)(F)F)CC3)n2c1. The van der Waals surface area contributed by atoms with E-state index in [4.69, 9.17) is 0 Å². The number of piperidine rings is 2. The number of carbonyl (C=O) groups is 2. The van der Waals surface area contributed by atoms with E-state index in [9.17, 15) is 40.3 Å². The number of nitrogens with zero attached hydrogens (tertiary/aromatic N) is 8. The minimum Gasteiger partial charge on any atom is -0.336 e. The molecular weight excluding hydrogens is 757 g/mol. The number of carbonyl (C=O) groups excluding carboxylic acids is 2. The molecule has 2 aliphatic heterocycles. The number of hydrogen-bond acceptors (Lipinski definition) is 6. The number of pyridine rings is 2. The van der Waals surface area contributed by atoms with E-state index in [2.05, 4.69) is 20.4 Å². The van der Waals surface area contributed by atoms with Gasteiger partial charge < -0.3 is 9.80 Å². The van der Waals surface area contributed by atoms with Crippen LogP contribution in [0.5, 0.6) is 0 Å². The molecule has 298 valence electrons. The van der Waals surface area contributed by atoms with Crippen LogP contribution >= 0.6 is 0 Å². The molecule has 2 fully saturated rings. The van der Waals surface area contributed by atoms with Crippen molar-refractivity contribution in [3.63, 3.8) is 0 Å². The van der Waals surface area contributed by atoms with Crippen molar-refractivity contribution in [3.8, 4) is 0 Å². The summed E-state index contributed by atoms with van der Waals surface area (Å²) >= 11 is 0. The molecule has 0 aliphatic carbocycles. The molecule has 2 aromatic carbocycles. The van der Waals surface area contributed by atoms with Crippen molar-refractivity contribution in [1.82, 2.24) is 39.0 Å². The van der Waals surface area contributed by atoms with Gasteiger partial charge >= 0.3 is 12.4 Å². The summed E-state index contributed by atoms with van der Waals surface area (Å²) in [6, 6.07) is 16.4. The number of hydrogen-bond donors (Lipinski definition) is 0. The highest BCUT2D eigenvalue weighted by atomic mass is 19.4. The monoisotopic (exact) mass is 794 g/mol. The molecule has 17 heteroatoms. The Hall–Kier alpha value is -5.87. The van der Waals surface area contributed by atoms with Gasteiger partial charge in [-0.05, 0) is 97.9 Å². The third-order valence-electron chi connectivity index (χ3n) is 10.5. The molecule has 0 N–H and O–H groups in total. The Balaban J connectivity index is 0.000000174. The van der Waals surface area contributed by atoms with E-state index in [0.29, 0.717) is 55.6 Å². The Morgan fingerprint density at radius 3 is 1.51 bits per heavy atom. The largest absolute Gasteiger partial charge is 0.419 e. The molecule has 0 atom stereocenters. The van der Waals surface area contributed by atoms with Crippen molar-refractivity contribution in [1.29, 1.82) is 0 Å². The number of rotatable bonds is 4. The van der Waals surface area contributed by atoms with Gasteiger partial charge in [0.05, 0.1) is 11.1 Å². The lowest BCUT2D eigenvalue weighted by Crippen LogP contribution is -2.39. The van der Waals surface area contributed by atoms with Crippen LogP contribution in [-0.2, 0) is 12.4 Å². The smallest absolute Gasteiger partial charge is 0.336 e. The van der Waals surface area contributed by atoms with Crippen molar-refractivity contribution in [3.05, 3.63) is 130 Å². The number of aryl methyl sites for hydroxylation is 2. The second-order valence-corrected chi connectivity index (χ2v) is 14.3. The van der Waals surface area contributed by atoms with Crippen LogP contribution < -0.4 is 0 Å². The third-order valence-corrected chi connectivity index (χ3v) is 10.5. The minimum absolute atomic E-state index is 0.0480. The Labute approximate surface area is 321 Å². The first-order valence-corrected chi connectivity index (χ1v) is 18.3. The zero-order chi connectivity index (χ0) is 40.6. The number of aromatic nitrogens is 6. The lowest BCUT2D eigenvalue weighted by atomic mass is 9.86. The van der Waals surface area contributed by atoms with Gasteiger partial charge in [-0.25, -0.2) is 4.39 Å². The van der Waals surface area contributed by atoms with Crippen molar-refractivity contribution in [2.24, 2.45) is 0 Å². The lowest BCUT2D eigenvalue weighted by Gasteiger charge is -2.32. The maximum absolute atomic E-state index is 13.9. The summed E-state index contributed by atoms with van der Waals surface area (Å²) in [5.41, 5.74) is 1.52. The normalized spacial score (nSPS) is 15.9. The highest BCUT2D eigenvalue weighted by Gasteiger charge is 2.40. The first-order valence-electron chi connectivity index (χ1n) is 18.3. The molecule has 0 unspecified atom stereocenters. The predicted octanol–water partition coefficient (Wildman–Crippen LogP) is 8.29. The quantitative estimate of drug-likeness (QED) is 0.167. The molecular formula is C40H37F7N8O2. The number of alkyl halides is 6. The summed E-state index contributed by atoms with van der Waals surface area (Å²) in [6.45, 7) is 5.09. The highest BCUT2D eigenvalue weighted by Crippen LogP contribution is 2.41. The average molecular weight is 795 g/mol. The molecule has 2 saturated heterocycles. The van der Waals surface area contributed by atoms with Gasteiger partial charge in [-0.15, -0.1) is 20.4 Å². The molecule has 10 nitrogen and oxygen atoms in total. The van der Waals surface area contributed by atoms with Crippen LogP contribution in [0.1, 0.15) is 92.1 Å². The summed E-state index contributed by atoms with van der Waals surface area (Å²) in [7, 11) is 0. The number of amides is 2. The Morgan fingerprint density at radius 2 is 1.04 bits per heavy atom. The van der Waals surface area contributed by atoms with Crippen LogP contribution in [0, 0.1) is 19.7 Å². The van der Waals surface area contributed by atoms with Crippen LogP contribution in [0.4, 0.5) is 30.7 Å². The van der Waals surface area contributed by atoms with Crippen molar-refractivity contribution in [2.45, 2.75) is 63.7 Å². The molecule has 2 aliphatic rings. The maximum Gasteiger partial charge on any atom is 0.419 e. The molecule has 4 aromatic heterocycles. The van der Waals surface area contributed by atoms with E-state index < -0.39 is 35.2 Å². The van der Waals surface area contributed by atoms with Crippen LogP contribution in [-0.4, -0.2) is 77.0 Å². The van der Waals surface area contributed by atoms with Crippen molar-refractivity contribution in [2.75, 3.05) is 26.2 Å². The van der Waals surface area contributed by atoms with E-state index in [1.807, 2.05) is 26.0 Å². The van der Waals surface area contributed by atoms with Crippen LogP contribution in [0.2, 0.25) is 0 Å². The minimum atomic E-state index is -4.76. The second kappa shape index (κ2) is 15.6. The summed E-state index contributed by atoms with van der Waals surface area (Å²) < 4.78 is 97.0. The van der Waals surface area contributed by atoms with Gasteiger partial charge in [0, 0.05) is 38.6 Å². The first-order chi connectivity index (χ1) is 27.1. The van der Waals surface area contributed by atoms with Gasteiger partial charge in [0.2, 0.25) is 11.6 Å². The average Bonchev–Trinajstić information content (AvgIpc) is 3.80. The topological polar surface area (TPSA) is 101 Å². The van der Waals surface area contributed by atoms with E-state index in [0.717, 1.165) is 23.3 Å². The van der Waals surface area contributed by atoms with Gasteiger partial charge in [-0.2, -0.15) is 26.3 Å². The summed E-state index contributed by atoms with van der Waals surface area (Å²) in [5.74, 6) is -2.13. The summed E-state index contributed by atoms with van der Waals surface area (Å²) in [4.78, 5) is 29.0. The third kappa shape index (κ3) is 8.18. The number of halogens is 7. The maximum atomic E-state index is 13.9. The Morgan fingerprint density at radius 1 is 0.579 bits per heavy atom. The summed E-state index contributed by atoms with van der Waals surface area (Å²) in [5, 5.41) is 16.0. The molecule has 0 saturated carbocycles. The summed E-state index contributed by atoms with van der Waals surface area (Å²) in [6.07, 6.45) is -3.98. The molecule has 8 rings (SSSR count). The Bertz CT molecular complexity index is 2420. The molecule has 57 heavy (non-hydrogen) atoms. The predicted molar refractivity (Wildman–Crippen MR) is 194 cm³/mol. The Kier molecular flexibility index (Phi) is 10.8. The standard InChI is InChI=1S/C20H18F4N4O.C20H19F3N4O/c1-12-5-6-16-25-26-18(28(16)11-12)19(29)27-9-7-13(8-10-27)14-3-2-4-15(21)17(14)20(22,23)24;1-13-6-7-17-24-25-18(27(17)12-13)19(28)26-10-8-14(9-11-26)15-4-2-3-5-16(15)20(21,22)23/h2-6,11,13H,7-10H2,1H3;2-7,12,14H,8-11H2,1H3. The van der Waals surface area contributed by atoms with Crippen LogP contribution in [0.25, 0.3) is 11.3 Å². The molecule has 0 spiro atoms. The molecule has 6 aromatic rings. The van der Waals surface area contributed by atoms with Crippen molar-refractivity contribution >= 4 is 23.1 Å². The fourth-order valence-corrected chi connectivity index (χ4v) is 7.65. The van der Waals surface area contributed by atoms with E-state index >= 15 is 0 Å². The fraction of sp³-hybridized carbons (Fsp3) is 0.350. The fourth-order valence-electron chi connectivity index (χ4n) is 7.65. The first kappa shape index (κ1) is 39.4.